The predicted octanol–water partition coefficient (Wildman–Crippen LogP) is 4.28. The van der Waals surface area contributed by atoms with Gasteiger partial charge in [0.25, 0.3) is 0 Å². The Balaban J connectivity index is 1.55. The largest absolute Gasteiger partial charge is 0.460 e. The Morgan fingerprint density at radius 2 is 1.67 bits per heavy atom. The van der Waals surface area contributed by atoms with Crippen molar-refractivity contribution >= 4 is 5.97 Å². The fraction of sp³-hybridized carbons (Fsp3) is 0.947. The first-order valence-electron chi connectivity index (χ1n) is 9.08. The summed E-state index contributed by atoms with van der Waals surface area (Å²) in [5.41, 5.74) is -0.336. The molecule has 0 aliphatic heterocycles. The van der Waals surface area contributed by atoms with E-state index in [2.05, 4.69) is 6.92 Å². The Labute approximate surface area is 129 Å². The zero-order valence-electron chi connectivity index (χ0n) is 14.0. The number of rotatable bonds is 1. The van der Waals surface area contributed by atoms with Crippen LogP contribution >= 0.6 is 0 Å². The lowest BCUT2D eigenvalue weighted by Gasteiger charge is -2.36. The summed E-state index contributed by atoms with van der Waals surface area (Å²) < 4.78 is 5.72. The molecule has 0 saturated heterocycles. The van der Waals surface area contributed by atoms with Gasteiger partial charge in [-0.25, -0.2) is 0 Å². The van der Waals surface area contributed by atoms with Gasteiger partial charge in [0.2, 0.25) is 0 Å². The van der Waals surface area contributed by atoms with E-state index in [9.17, 15) is 4.79 Å². The number of ether oxygens (including phenoxy) is 1. The molecular weight excluding hydrogens is 260 g/mol. The third kappa shape index (κ3) is 2.08. The van der Waals surface area contributed by atoms with Crippen LogP contribution in [0.1, 0.15) is 59.8 Å². The highest BCUT2D eigenvalue weighted by atomic mass is 16.6. The highest BCUT2D eigenvalue weighted by Gasteiger charge is 2.63. The SMILES string of the molecule is CC1CCC2CC1C1C3CC(CC3C(=O)OC(C)(C)C)C21. The van der Waals surface area contributed by atoms with Crippen LogP contribution in [0.3, 0.4) is 0 Å². The van der Waals surface area contributed by atoms with Gasteiger partial charge in [0.15, 0.2) is 0 Å². The van der Waals surface area contributed by atoms with Crippen LogP contribution in [0, 0.1) is 47.3 Å². The van der Waals surface area contributed by atoms with Gasteiger partial charge in [-0.1, -0.05) is 13.3 Å². The van der Waals surface area contributed by atoms with Gasteiger partial charge in [-0.15, -0.1) is 0 Å². The minimum absolute atomic E-state index is 0.0996. The number of hydrogen-bond acceptors (Lipinski definition) is 2. The first-order valence-corrected chi connectivity index (χ1v) is 9.08. The van der Waals surface area contributed by atoms with E-state index >= 15 is 0 Å². The quantitative estimate of drug-likeness (QED) is 0.532. The second kappa shape index (κ2) is 4.49. The molecule has 8 unspecified atom stereocenters. The molecule has 4 aliphatic carbocycles. The van der Waals surface area contributed by atoms with Crippen molar-refractivity contribution < 1.29 is 9.53 Å². The minimum Gasteiger partial charge on any atom is -0.460 e. The highest BCUT2D eigenvalue weighted by molar-refractivity contribution is 5.74. The van der Waals surface area contributed by atoms with Gasteiger partial charge in [0.05, 0.1) is 5.92 Å². The summed E-state index contributed by atoms with van der Waals surface area (Å²) in [7, 11) is 0. The maximum atomic E-state index is 12.6. The van der Waals surface area contributed by atoms with E-state index in [0.717, 1.165) is 41.9 Å². The molecule has 118 valence electrons. The van der Waals surface area contributed by atoms with E-state index < -0.39 is 0 Å². The number of fused-ring (bicyclic) bond motifs is 9. The molecule has 4 fully saturated rings. The Bertz CT molecular complexity index is 449. The van der Waals surface area contributed by atoms with E-state index in [1.807, 2.05) is 20.8 Å². The zero-order chi connectivity index (χ0) is 14.9. The number of carbonyl (C=O) groups excluding carboxylic acids is 1. The lowest BCUT2D eigenvalue weighted by molar-refractivity contribution is -0.163. The maximum absolute atomic E-state index is 12.6. The van der Waals surface area contributed by atoms with Gasteiger partial charge < -0.3 is 4.74 Å². The minimum atomic E-state index is -0.336. The predicted molar refractivity (Wildman–Crippen MR) is 82.5 cm³/mol. The van der Waals surface area contributed by atoms with E-state index in [1.54, 1.807) is 0 Å². The molecule has 0 aromatic carbocycles. The summed E-state index contributed by atoms with van der Waals surface area (Å²) in [6, 6.07) is 0. The van der Waals surface area contributed by atoms with Crippen LogP contribution in [0.4, 0.5) is 0 Å². The Hall–Kier alpha value is -0.530. The van der Waals surface area contributed by atoms with Gasteiger partial charge in [-0.05, 0) is 87.9 Å². The third-order valence-corrected chi connectivity index (χ3v) is 7.18. The molecule has 0 amide bonds. The van der Waals surface area contributed by atoms with Crippen LogP contribution in [0.25, 0.3) is 0 Å². The summed E-state index contributed by atoms with van der Waals surface area (Å²) in [4.78, 5) is 12.6. The molecule has 0 N–H and O–H groups in total. The highest BCUT2D eigenvalue weighted by Crippen LogP contribution is 2.68. The molecule has 0 aromatic rings. The topological polar surface area (TPSA) is 26.3 Å². The fourth-order valence-corrected chi connectivity index (χ4v) is 6.68. The number of hydrogen-bond donors (Lipinski definition) is 0. The lowest BCUT2D eigenvalue weighted by Crippen LogP contribution is -2.37. The maximum Gasteiger partial charge on any atom is 0.309 e. The smallest absolute Gasteiger partial charge is 0.309 e. The molecule has 0 heterocycles. The number of esters is 1. The summed E-state index contributed by atoms with van der Waals surface area (Å²) >= 11 is 0. The summed E-state index contributed by atoms with van der Waals surface area (Å²) in [5.74, 6) is 6.38. The fourth-order valence-electron chi connectivity index (χ4n) is 6.68. The van der Waals surface area contributed by atoms with Crippen LogP contribution in [0.5, 0.6) is 0 Å². The summed E-state index contributed by atoms with van der Waals surface area (Å²) in [6.07, 6.45) is 6.79. The molecule has 4 rings (SSSR count). The standard InChI is InChI=1S/C19H30O2/c1-10-5-6-11-7-13(10)17-14-8-12(16(11)17)9-15(14)18(20)21-19(2,3)4/h10-17H,5-9H2,1-4H3. The van der Waals surface area contributed by atoms with Gasteiger partial charge in [-0.2, -0.15) is 0 Å². The summed E-state index contributed by atoms with van der Waals surface area (Å²) in [5, 5.41) is 0. The Morgan fingerprint density at radius 3 is 2.38 bits per heavy atom. The third-order valence-electron chi connectivity index (χ3n) is 7.18. The summed E-state index contributed by atoms with van der Waals surface area (Å²) in [6.45, 7) is 8.43. The van der Waals surface area contributed by atoms with Crippen molar-refractivity contribution in [2.24, 2.45) is 47.3 Å². The average Bonchev–Trinajstić information content (AvgIpc) is 3.02. The molecule has 0 spiro atoms. The van der Waals surface area contributed by atoms with Crippen LogP contribution < -0.4 is 0 Å². The van der Waals surface area contributed by atoms with Gasteiger partial charge in [0, 0.05) is 0 Å². The molecule has 2 heteroatoms. The normalized spacial score (nSPS) is 51.0. The molecule has 4 aliphatic rings. The van der Waals surface area contributed by atoms with Crippen molar-refractivity contribution in [3.05, 3.63) is 0 Å². The van der Waals surface area contributed by atoms with Crippen LogP contribution in [-0.4, -0.2) is 11.6 Å². The monoisotopic (exact) mass is 290 g/mol. The average molecular weight is 290 g/mol. The van der Waals surface area contributed by atoms with Gasteiger partial charge in [0.1, 0.15) is 5.60 Å². The molecule has 8 atom stereocenters. The molecule has 0 aromatic heterocycles. The molecular formula is C19H30O2. The van der Waals surface area contributed by atoms with E-state index in [-0.39, 0.29) is 17.5 Å². The molecule has 0 radical (unpaired) electrons. The van der Waals surface area contributed by atoms with Crippen LogP contribution in [-0.2, 0) is 9.53 Å². The van der Waals surface area contributed by atoms with Gasteiger partial charge >= 0.3 is 5.97 Å². The van der Waals surface area contributed by atoms with Crippen molar-refractivity contribution in [2.75, 3.05) is 0 Å². The van der Waals surface area contributed by atoms with Crippen molar-refractivity contribution in [3.63, 3.8) is 0 Å². The molecule has 21 heavy (non-hydrogen) atoms. The second-order valence-corrected chi connectivity index (χ2v) is 9.40. The van der Waals surface area contributed by atoms with Crippen molar-refractivity contribution in [1.82, 2.24) is 0 Å². The molecule has 4 saturated carbocycles. The second-order valence-electron chi connectivity index (χ2n) is 9.40. The Morgan fingerprint density at radius 1 is 0.952 bits per heavy atom. The first kappa shape index (κ1) is 14.1. The molecule has 4 bridgehead atoms. The van der Waals surface area contributed by atoms with Crippen LogP contribution in [0.2, 0.25) is 0 Å². The number of carbonyl (C=O) groups is 1. The molecule has 2 nitrogen and oxygen atoms in total. The van der Waals surface area contributed by atoms with Gasteiger partial charge in [-0.3, -0.25) is 4.79 Å². The van der Waals surface area contributed by atoms with E-state index in [4.69, 9.17) is 4.74 Å². The van der Waals surface area contributed by atoms with E-state index in [0.29, 0.717) is 5.92 Å². The van der Waals surface area contributed by atoms with Crippen molar-refractivity contribution in [1.29, 1.82) is 0 Å². The van der Waals surface area contributed by atoms with Crippen molar-refractivity contribution in [3.8, 4) is 0 Å². The Kier molecular flexibility index (Phi) is 3.01. The van der Waals surface area contributed by atoms with Crippen molar-refractivity contribution in [2.45, 2.75) is 65.4 Å². The van der Waals surface area contributed by atoms with E-state index in [1.165, 1.54) is 25.7 Å². The first-order chi connectivity index (χ1) is 9.85. The van der Waals surface area contributed by atoms with Crippen LogP contribution in [0.15, 0.2) is 0 Å². The zero-order valence-corrected chi connectivity index (χ0v) is 14.0. The lowest BCUT2D eigenvalue weighted by atomic mass is 9.70.